The van der Waals surface area contributed by atoms with Crippen LogP contribution in [0.25, 0.3) is 10.9 Å². The Morgan fingerprint density at radius 1 is 1.00 bits per heavy atom. The molecule has 0 amide bonds. The molecule has 0 saturated carbocycles. The first-order valence-electron chi connectivity index (χ1n) is 11.2. The van der Waals surface area contributed by atoms with Gasteiger partial charge in [-0.2, -0.15) is 0 Å². The van der Waals surface area contributed by atoms with Gasteiger partial charge in [-0.15, -0.1) is 0 Å². The van der Waals surface area contributed by atoms with Crippen molar-refractivity contribution in [2.75, 3.05) is 18.0 Å². The summed E-state index contributed by atoms with van der Waals surface area (Å²) in [6.07, 6.45) is 5.32. The fourth-order valence-electron chi connectivity index (χ4n) is 4.48. The van der Waals surface area contributed by atoms with Crippen LogP contribution in [-0.2, 0) is 16.4 Å². The minimum atomic E-state index is -4.06. The smallest absolute Gasteiger partial charge is 0.212 e. The van der Waals surface area contributed by atoms with Gasteiger partial charge in [0, 0.05) is 25.8 Å². The van der Waals surface area contributed by atoms with Crippen LogP contribution in [0.15, 0.2) is 51.1 Å². The van der Waals surface area contributed by atoms with Crippen molar-refractivity contribution in [3.63, 3.8) is 0 Å². The van der Waals surface area contributed by atoms with Gasteiger partial charge in [0.2, 0.25) is 15.3 Å². The Balaban J connectivity index is 1.97. The summed E-state index contributed by atoms with van der Waals surface area (Å²) in [7, 11) is -4.06. The molecule has 0 unspecified atom stereocenters. The van der Waals surface area contributed by atoms with Gasteiger partial charge >= 0.3 is 0 Å². The molecular weight excluding hydrogens is 427 g/mol. The molecule has 0 spiro atoms. The number of hydrogen-bond donors (Lipinski definition) is 0. The predicted octanol–water partition coefficient (Wildman–Crippen LogP) is 4.99. The Morgan fingerprint density at radius 2 is 1.72 bits per heavy atom. The minimum absolute atomic E-state index is 0.100. The lowest BCUT2D eigenvalue weighted by Crippen LogP contribution is -2.30. The van der Waals surface area contributed by atoms with Crippen LogP contribution < -0.4 is 10.3 Å². The highest BCUT2D eigenvalue weighted by Gasteiger charge is 2.27. The standard InChI is InChI=1S/C25H29FN2O3S/c1-4-10-28-16-24(32(30,31)23-13-17(2)8-9-18(23)3)25(29)19-14-20(26)22(15-21(19)28)27-11-6-5-7-12-27/h8-9,13-16H,4-7,10-12H2,1-3H3. The second-order valence-corrected chi connectivity index (χ2v) is 10.5. The summed E-state index contributed by atoms with van der Waals surface area (Å²) in [5, 5.41) is 0.100. The van der Waals surface area contributed by atoms with Crippen molar-refractivity contribution >= 4 is 26.4 Å². The Labute approximate surface area is 188 Å². The number of rotatable bonds is 5. The second kappa shape index (κ2) is 8.70. The molecular formula is C25H29FN2O3S. The van der Waals surface area contributed by atoms with E-state index in [0.717, 1.165) is 44.3 Å². The molecule has 0 atom stereocenters. The van der Waals surface area contributed by atoms with Gasteiger partial charge in [0.15, 0.2) is 0 Å². The SMILES string of the molecule is CCCn1cc(S(=O)(=O)c2cc(C)ccc2C)c(=O)c2cc(F)c(N3CCCCC3)cc21. The van der Waals surface area contributed by atoms with Gasteiger partial charge in [-0.25, -0.2) is 12.8 Å². The van der Waals surface area contributed by atoms with Crippen LogP contribution in [0, 0.1) is 19.7 Å². The molecule has 1 aromatic heterocycles. The zero-order valence-corrected chi connectivity index (χ0v) is 19.6. The largest absolute Gasteiger partial charge is 0.369 e. The second-order valence-electron chi connectivity index (χ2n) is 8.66. The fourth-order valence-corrected chi connectivity index (χ4v) is 6.17. The lowest BCUT2D eigenvalue weighted by atomic mass is 10.1. The lowest BCUT2D eigenvalue weighted by Gasteiger charge is -2.29. The van der Waals surface area contributed by atoms with Crippen molar-refractivity contribution in [1.29, 1.82) is 0 Å². The number of nitrogens with zero attached hydrogens (tertiary/aromatic N) is 2. The topological polar surface area (TPSA) is 59.4 Å². The number of halogens is 1. The van der Waals surface area contributed by atoms with E-state index in [4.69, 9.17) is 0 Å². The molecule has 4 rings (SSSR count). The van der Waals surface area contributed by atoms with Crippen molar-refractivity contribution in [2.45, 2.75) is 62.8 Å². The Hall–Kier alpha value is -2.67. The van der Waals surface area contributed by atoms with Gasteiger partial charge in [-0.05, 0) is 68.9 Å². The van der Waals surface area contributed by atoms with E-state index in [9.17, 15) is 13.2 Å². The molecule has 1 aliphatic rings. The Bertz CT molecular complexity index is 1340. The number of sulfone groups is 1. The quantitative estimate of drug-likeness (QED) is 0.543. The van der Waals surface area contributed by atoms with Gasteiger partial charge in [-0.3, -0.25) is 4.79 Å². The third-order valence-corrected chi connectivity index (χ3v) is 8.09. The van der Waals surface area contributed by atoms with Crippen molar-refractivity contribution in [3.8, 4) is 0 Å². The lowest BCUT2D eigenvalue weighted by molar-refractivity contribution is 0.557. The average Bonchev–Trinajstić information content (AvgIpc) is 2.77. The third-order valence-electron chi connectivity index (χ3n) is 6.20. The molecule has 32 heavy (non-hydrogen) atoms. The highest BCUT2D eigenvalue weighted by Crippen LogP contribution is 2.30. The van der Waals surface area contributed by atoms with E-state index >= 15 is 4.39 Å². The molecule has 7 heteroatoms. The maximum atomic E-state index is 15.1. The molecule has 2 heterocycles. The van der Waals surface area contributed by atoms with Crippen molar-refractivity contribution < 1.29 is 12.8 Å². The summed E-state index contributed by atoms with van der Waals surface area (Å²) in [4.78, 5) is 15.2. The van der Waals surface area contributed by atoms with Crippen LogP contribution in [0.5, 0.6) is 0 Å². The number of anilines is 1. The first-order valence-corrected chi connectivity index (χ1v) is 12.7. The molecule has 0 radical (unpaired) electrons. The summed E-state index contributed by atoms with van der Waals surface area (Å²) >= 11 is 0. The minimum Gasteiger partial charge on any atom is -0.369 e. The summed E-state index contributed by atoms with van der Waals surface area (Å²) in [5.74, 6) is -0.485. The molecule has 0 bridgehead atoms. The molecule has 1 fully saturated rings. The fraction of sp³-hybridized carbons (Fsp3) is 0.400. The van der Waals surface area contributed by atoms with E-state index in [2.05, 4.69) is 0 Å². The summed E-state index contributed by atoms with van der Waals surface area (Å²) in [6.45, 7) is 7.59. The molecule has 3 aromatic rings. The zero-order valence-electron chi connectivity index (χ0n) is 18.8. The van der Waals surface area contributed by atoms with Crippen LogP contribution in [0.1, 0.15) is 43.7 Å². The number of benzene rings is 2. The van der Waals surface area contributed by atoms with Crippen LogP contribution >= 0.6 is 0 Å². The van der Waals surface area contributed by atoms with Crippen LogP contribution in [0.2, 0.25) is 0 Å². The maximum Gasteiger partial charge on any atom is 0.212 e. The predicted molar refractivity (Wildman–Crippen MR) is 126 cm³/mol. The first kappa shape index (κ1) is 22.5. The van der Waals surface area contributed by atoms with Gasteiger partial charge in [0.05, 0.1) is 21.5 Å². The number of fused-ring (bicyclic) bond motifs is 1. The molecule has 170 valence electrons. The Morgan fingerprint density at radius 3 is 2.41 bits per heavy atom. The van der Waals surface area contributed by atoms with E-state index < -0.39 is 21.1 Å². The van der Waals surface area contributed by atoms with Gasteiger partial charge < -0.3 is 9.47 Å². The van der Waals surface area contributed by atoms with Gasteiger partial charge in [0.25, 0.3) is 0 Å². The summed E-state index contributed by atoms with van der Waals surface area (Å²) in [5.41, 5.74) is 1.76. The van der Waals surface area contributed by atoms with Crippen molar-refractivity contribution in [1.82, 2.24) is 4.57 Å². The van der Waals surface area contributed by atoms with E-state index in [1.54, 1.807) is 29.7 Å². The number of piperidine rings is 1. The van der Waals surface area contributed by atoms with Gasteiger partial charge in [-0.1, -0.05) is 19.1 Å². The van der Waals surface area contributed by atoms with Crippen LogP contribution in [0.4, 0.5) is 10.1 Å². The molecule has 0 aliphatic carbocycles. The van der Waals surface area contributed by atoms with E-state index in [-0.39, 0.29) is 15.2 Å². The van der Waals surface area contributed by atoms with Crippen molar-refractivity contribution in [3.05, 3.63) is 63.7 Å². The highest BCUT2D eigenvalue weighted by atomic mass is 32.2. The molecule has 1 aliphatic heterocycles. The summed E-state index contributed by atoms with van der Waals surface area (Å²) in [6, 6.07) is 8.08. The number of hydrogen-bond acceptors (Lipinski definition) is 4. The molecule has 1 saturated heterocycles. The van der Waals surface area contributed by atoms with Crippen LogP contribution in [0.3, 0.4) is 0 Å². The normalized spacial score (nSPS) is 14.8. The summed E-state index contributed by atoms with van der Waals surface area (Å²) < 4.78 is 43.9. The zero-order chi connectivity index (χ0) is 23.0. The number of aromatic nitrogens is 1. The number of pyridine rings is 1. The molecule has 5 nitrogen and oxygen atoms in total. The first-order chi connectivity index (χ1) is 15.2. The van der Waals surface area contributed by atoms with E-state index in [1.807, 2.05) is 24.8 Å². The highest BCUT2D eigenvalue weighted by molar-refractivity contribution is 7.91. The third kappa shape index (κ3) is 3.94. The number of aryl methyl sites for hydroxylation is 3. The molecule has 2 aromatic carbocycles. The van der Waals surface area contributed by atoms with E-state index in [1.165, 1.54) is 12.3 Å². The van der Waals surface area contributed by atoms with Gasteiger partial charge in [0.1, 0.15) is 10.7 Å². The van der Waals surface area contributed by atoms with Crippen molar-refractivity contribution in [2.24, 2.45) is 0 Å². The Kier molecular flexibility index (Phi) is 6.12. The van der Waals surface area contributed by atoms with E-state index in [0.29, 0.717) is 23.3 Å². The molecule has 0 N–H and O–H groups in total. The average molecular weight is 457 g/mol. The monoisotopic (exact) mass is 456 g/mol. The maximum absolute atomic E-state index is 15.1. The van der Waals surface area contributed by atoms with Crippen LogP contribution in [-0.4, -0.2) is 26.1 Å².